The van der Waals surface area contributed by atoms with Crippen LogP contribution in [-0.4, -0.2) is 37.4 Å². The molecule has 90 valence electrons. The van der Waals surface area contributed by atoms with Crippen LogP contribution in [0.3, 0.4) is 0 Å². The maximum Gasteiger partial charge on any atom is 0.280 e. The Balaban J connectivity index is 1.99. The van der Waals surface area contributed by atoms with Gasteiger partial charge in [-0.05, 0) is 19.4 Å². The second kappa shape index (κ2) is 3.92. The predicted octanol–water partition coefficient (Wildman–Crippen LogP) is -0.723. The molecule has 7 heteroatoms. The van der Waals surface area contributed by atoms with E-state index < -0.39 is 0 Å². The molecule has 1 atom stereocenters. The summed E-state index contributed by atoms with van der Waals surface area (Å²) >= 11 is 0. The Hall–Kier alpha value is -1.76. The summed E-state index contributed by atoms with van der Waals surface area (Å²) in [5.74, 6) is 0. The molecule has 0 saturated carbocycles. The van der Waals surface area contributed by atoms with Gasteiger partial charge in [0, 0.05) is 13.1 Å². The van der Waals surface area contributed by atoms with Crippen molar-refractivity contribution in [2.24, 2.45) is 7.05 Å². The van der Waals surface area contributed by atoms with E-state index in [2.05, 4.69) is 20.7 Å². The second-order valence-electron chi connectivity index (χ2n) is 4.38. The minimum absolute atomic E-state index is 0.114. The summed E-state index contributed by atoms with van der Waals surface area (Å²) in [7, 11) is 1.75. The first-order valence-electron chi connectivity index (χ1n) is 5.74. The largest absolute Gasteiger partial charge is 0.312 e. The van der Waals surface area contributed by atoms with E-state index in [1.807, 2.05) is 0 Å². The zero-order valence-electron chi connectivity index (χ0n) is 9.63. The molecule has 1 aliphatic rings. The summed E-state index contributed by atoms with van der Waals surface area (Å²) in [4.78, 5) is 12.1. The van der Waals surface area contributed by atoms with Gasteiger partial charge in [-0.15, -0.1) is 5.10 Å². The average Bonchev–Trinajstić information content (AvgIpc) is 2.93. The normalized spacial score (nSPS) is 20.2. The highest BCUT2D eigenvalue weighted by atomic mass is 16.1. The minimum atomic E-state index is -0.114. The summed E-state index contributed by atoms with van der Waals surface area (Å²) in [6.07, 6.45) is 3.78. The van der Waals surface area contributed by atoms with Gasteiger partial charge in [0.1, 0.15) is 5.39 Å². The summed E-state index contributed by atoms with van der Waals surface area (Å²) < 4.78 is 2.98. The Kier molecular flexibility index (Phi) is 2.40. The van der Waals surface area contributed by atoms with Gasteiger partial charge in [-0.1, -0.05) is 5.21 Å². The van der Waals surface area contributed by atoms with E-state index in [1.54, 1.807) is 17.9 Å². The molecule has 1 unspecified atom stereocenters. The number of hydrogen-bond acceptors (Lipinski definition) is 5. The van der Waals surface area contributed by atoms with Crippen LogP contribution < -0.4 is 10.9 Å². The summed E-state index contributed by atoms with van der Waals surface area (Å²) in [6, 6.07) is 0.330. The molecule has 0 aliphatic carbocycles. The van der Waals surface area contributed by atoms with Crippen molar-refractivity contribution in [2.45, 2.75) is 25.4 Å². The maximum absolute atomic E-state index is 12.1. The van der Waals surface area contributed by atoms with Crippen molar-refractivity contribution in [2.75, 3.05) is 6.54 Å². The first-order valence-corrected chi connectivity index (χ1v) is 5.74. The van der Waals surface area contributed by atoms with Crippen molar-refractivity contribution in [3.8, 4) is 0 Å². The predicted molar refractivity (Wildman–Crippen MR) is 61.6 cm³/mol. The summed E-state index contributed by atoms with van der Waals surface area (Å²) in [6.45, 7) is 1.60. The highest BCUT2D eigenvalue weighted by molar-refractivity contribution is 5.72. The molecule has 0 bridgehead atoms. The van der Waals surface area contributed by atoms with E-state index in [-0.39, 0.29) is 5.56 Å². The van der Waals surface area contributed by atoms with E-state index >= 15 is 0 Å². The van der Waals surface area contributed by atoms with Crippen molar-refractivity contribution in [3.05, 3.63) is 16.6 Å². The highest BCUT2D eigenvalue weighted by Gasteiger charge is 2.17. The van der Waals surface area contributed by atoms with Crippen LogP contribution in [0.25, 0.3) is 11.0 Å². The third kappa shape index (κ3) is 1.72. The molecule has 1 N–H and O–H groups in total. The molecule has 7 nitrogen and oxygen atoms in total. The van der Waals surface area contributed by atoms with Gasteiger partial charge in [-0.2, -0.15) is 5.10 Å². The quantitative estimate of drug-likeness (QED) is 0.741. The van der Waals surface area contributed by atoms with Gasteiger partial charge in [0.15, 0.2) is 5.65 Å². The number of aromatic nitrogens is 5. The Morgan fingerprint density at radius 1 is 1.59 bits per heavy atom. The summed E-state index contributed by atoms with van der Waals surface area (Å²) in [5.41, 5.74) is 0.419. The third-order valence-corrected chi connectivity index (χ3v) is 3.18. The number of aryl methyl sites for hydroxylation is 1. The van der Waals surface area contributed by atoms with E-state index in [4.69, 9.17) is 0 Å². The molecule has 1 aliphatic heterocycles. The fourth-order valence-electron chi connectivity index (χ4n) is 2.22. The molecule has 0 radical (unpaired) electrons. The maximum atomic E-state index is 12.1. The van der Waals surface area contributed by atoms with Crippen LogP contribution >= 0.6 is 0 Å². The van der Waals surface area contributed by atoms with Gasteiger partial charge in [-0.25, -0.2) is 9.36 Å². The number of nitrogens with one attached hydrogen (secondary N) is 1. The zero-order chi connectivity index (χ0) is 11.8. The average molecular weight is 234 g/mol. The molecule has 17 heavy (non-hydrogen) atoms. The van der Waals surface area contributed by atoms with E-state index in [9.17, 15) is 4.79 Å². The van der Waals surface area contributed by atoms with Crippen LogP contribution in [0.5, 0.6) is 0 Å². The van der Waals surface area contributed by atoms with Gasteiger partial charge < -0.3 is 5.32 Å². The Morgan fingerprint density at radius 2 is 2.47 bits per heavy atom. The van der Waals surface area contributed by atoms with E-state index in [0.29, 0.717) is 23.6 Å². The highest BCUT2D eigenvalue weighted by Crippen LogP contribution is 2.07. The molecule has 2 aromatic rings. The molecule has 3 heterocycles. The van der Waals surface area contributed by atoms with Gasteiger partial charge >= 0.3 is 0 Å². The van der Waals surface area contributed by atoms with E-state index in [0.717, 1.165) is 19.4 Å². The van der Waals surface area contributed by atoms with Crippen LogP contribution in [0.15, 0.2) is 11.0 Å². The van der Waals surface area contributed by atoms with Gasteiger partial charge in [0.2, 0.25) is 0 Å². The van der Waals surface area contributed by atoms with Crippen LogP contribution in [0.1, 0.15) is 12.8 Å². The van der Waals surface area contributed by atoms with Crippen molar-refractivity contribution in [1.29, 1.82) is 0 Å². The lowest BCUT2D eigenvalue weighted by Gasteiger charge is -2.10. The van der Waals surface area contributed by atoms with Gasteiger partial charge in [-0.3, -0.25) is 4.79 Å². The van der Waals surface area contributed by atoms with Crippen LogP contribution in [0.4, 0.5) is 0 Å². The molecule has 2 aromatic heterocycles. The second-order valence-corrected chi connectivity index (χ2v) is 4.38. The Morgan fingerprint density at radius 3 is 3.24 bits per heavy atom. The molecule has 0 amide bonds. The lowest BCUT2D eigenvalue weighted by molar-refractivity contribution is 0.446. The van der Waals surface area contributed by atoms with Crippen LogP contribution in [0.2, 0.25) is 0 Å². The minimum Gasteiger partial charge on any atom is -0.312 e. The van der Waals surface area contributed by atoms with Crippen molar-refractivity contribution >= 4 is 11.0 Å². The molecule has 0 aromatic carbocycles. The first kappa shape index (κ1) is 10.4. The number of nitrogens with zero attached hydrogens (tertiary/aromatic N) is 5. The molecular weight excluding hydrogens is 220 g/mol. The lowest BCUT2D eigenvalue weighted by atomic mass is 10.2. The smallest absolute Gasteiger partial charge is 0.280 e. The molecule has 0 spiro atoms. The topological polar surface area (TPSA) is 77.6 Å². The lowest BCUT2D eigenvalue weighted by Crippen LogP contribution is -2.34. The van der Waals surface area contributed by atoms with Crippen molar-refractivity contribution in [3.63, 3.8) is 0 Å². The molecule has 3 rings (SSSR count). The third-order valence-electron chi connectivity index (χ3n) is 3.18. The Labute approximate surface area is 97.4 Å². The first-order chi connectivity index (χ1) is 8.25. The fourth-order valence-corrected chi connectivity index (χ4v) is 2.22. The van der Waals surface area contributed by atoms with Crippen LogP contribution in [0, 0.1) is 0 Å². The number of hydrogen-bond donors (Lipinski definition) is 1. The zero-order valence-corrected chi connectivity index (χ0v) is 9.63. The molecule has 1 fully saturated rings. The summed E-state index contributed by atoms with van der Waals surface area (Å²) in [5, 5.41) is 15.9. The fraction of sp³-hybridized carbons (Fsp3) is 0.600. The SMILES string of the molecule is Cn1ncc2c(=O)n(CC3CCCN3)nnc21. The molecular formula is C10H14N6O. The van der Waals surface area contributed by atoms with Crippen molar-refractivity contribution < 1.29 is 0 Å². The van der Waals surface area contributed by atoms with Gasteiger partial charge in [0.05, 0.1) is 12.7 Å². The van der Waals surface area contributed by atoms with Crippen LogP contribution in [-0.2, 0) is 13.6 Å². The monoisotopic (exact) mass is 234 g/mol. The van der Waals surface area contributed by atoms with E-state index in [1.165, 1.54) is 4.68 Å². The van der Waals surface area contributed by atoms with Gasteiger partial charge in [0.25, 0.3) is 5.56 Å². The molecule has 1 saturated heterocycles. The number of fused-ring (bicyclic) bond motifs is 1. The standard InChI is InChI=1S/C10H14N6O/c1-15-9-8(5-12-15)10(17)16(14-13-9)6-7-3-2-4-11-7/h5,7,11H,2-4,6H2,1H3. The van der Waals surface area contributed by atoms with Crippen molar-refractivity contribution in [1.82, 2.24) is 30.1 Å². The number of rotatable bonds is 2. The Bertz CT molecular complexity index is 594.